The van der Waals surface area contributed by atoms with Gasteiger partial charge in [0.1, 0.15) is 0 Å². The molecule has 18 heavy (non-hydrogen) atoms. The number of ether oxygens (including phenoxy) is 1. The van der Waals surface area contributed by atoms with E-state index in [1.54, 1.807) is 11.3 Å². The lowest BCUT2D eigenvalue weighted by atomic mass is 10.3. The first kappa shape index (κ1) is 13.2. The first-order valence-electron chi connectivity index (χ1n) is 5.83. The smallest absolute Gasteiger partial charge is 0.268 e. The minimum atomic E-state index is -0.356. The van der Waals surface area contributed by atoms with Gasteiger partial charge < -0.3 is 15.0 Å². The van der Waals surface area contributed by atoms with E-state index in [0.29, 0.717) is 18.3 Å². The van der Waals surface area contributed by atoms with Crippen LogP contribution in [0.2, 0.25) is 0 Å². The Morgan fingerprint density at radius 3 is 2.89 bits per heavy atom. The molecule has 0 bridgehead atoms. The molecule has 2 N–H and O–H groups in total. The average Bonchev–Trinajstić information content (AvgIpc) is 2.93. The minimum absolute atomic E-state index is 0.141. The van der Waals surface area contributed by atoms with E-state index >= 15 is 0 Å². The number of aryl methyl sites for hydroxylation is 1. The van der Waals surface area contributed by atoms with Crippen LogP contribution in [0, 0.1) is 6.92 Å². The van der Waals surface area contributed by atoms with E-state index in [9.17, 15) is 0 Å². The first-order valence-corrected chi connectivity index (χ1v) is 6.71. The third-order valence-electron chi connectivity index (χ3n) is 2.44. The molecule has 1 atom stereocenters. The molecule has 0 aliphatic heterocycles. The van der Waals surface area contributed by atoms with Crippen LogP contribution in [0.4, 0.5) is 0 Å². The highest BCUT2D eigenvalue weighted by molar-refractivity contribution is 7.13. The zero-order valence-electron chi connectivity index (χ0n) is 10.7. The van der Waals surface area contributed by atoms with Gasteiger partial charge >= 0.3 is 0 Å². The van der Waals surface area contributed by atoms with E-state index in [1.165, 1.54) is 0 Å². The monoisotopic (exact) mass is 267 g/mol. The van der Waals surface area contributed by atoms with Crippen molar-refractivity contribution in [1.29, 1.82) is 0 Å². The quantitative estimate of drug-likeness (QED) is 0.901. The number of nitrogens with two attached hydrogens (primary N) is 1. The van der Waals surface area contributed by atoms with Crippen molar-refractivity contribution in [1.82, 2.24) is 10.1 Å². The molecule has 98 valence electrons. The Labute approximate surface area is 110 Å². The summed E-state index contributed by atoms with van der Waals surface area (Å²) >= 11 is 1.58. The Morgan fingerprint density at radius 1 is 1.50 bits per heavy atom. The van der Waals surface area contributed by atoms with Crippen molar-refractivity contribution in [3.8, 4) is 10.8 Å². The standard InChI is InChI=1S/C12H17N3O2S/c1-7(2)16-6-9(13)11-14-12(17-15-11)10-8(3)4-5-18-10/h4-5,7,9H,6,13H2,1-3H3. The summed E-state index contributed by atoms with van der Waals surface area (Å²) in [5, 5.41) is 5.90. The summed E-state index contributed by atoms with van der Waals surface area (Å²) in [6.07, 6.45) is 0.141. The second-order valence-electron chi connectivity index (χ2n) is 4.38. The second kappa shape index (κ2) is 5.60. The summed E-state index contributed by atoms with van der Waals surface area (Å²) in [5.41, 5.74) is 7.07. The summed E-state index contributed by atoms with van der Waals surface area (Å²) in [7, 11) is 0. The number of aromatic nitrogens is 2. The highest BCUT2D eigenvalue weighted by Crippen LogP contribution is 2.27. The predicted molar refractivity (Wildman–Crippen MR) is 70.4 cm³/mol. The van der Waals surface area contributed by atoms with Gasteiger partial charge in [0, 0.05) is 0 Å². The van der Waals surface area contributed by atoms with Crippen LogP contribution in [-0.4, -0.2) is 22.9 Å². The summed E-state index contributed by atoms with van der Waals surface area (Å²) in [6, 6.07) is 1.66. The number of hydrogen-bond donors (Lipinski definition) is 1. The molecule has 6 heteroatoms. The van der Waals surface area contributed by atoms with Gasteiger partial charge in [-0.25, -0.2) is 0 Å². The zero-order valence-corrected chi connectivity index (χ0v) is 11.5. The normalized spacial score (nSPS) is 13.2. The van der Waals surface area contributed by atoms with Crippen molar-refractivity contribution >= 4 is 11.3 Å². The fourth-order valence-corrected chi connectivity index (χ4v) is 2.29. The lowest BCUT2D eigenvalue weighted by Crippen LogP contribution is -2.20. The molecule has 0 spiro atoms. The van der Waals surface area contributed by atoms with Crippen molar-refractivity contribution < 1.29 is 9.26 Å². The lowest BCUT2D eigenvalue weighted by molar-refractivity contribution is 0.0665. The molecule has 0 fully saturated rings. The van der Waals surface area contributed by atoms with Crippen molar-refractivity contribution in [2.24, 2.45) is 5.73 Å². The number of nitrogens with zero attached hydrogens (tertiary/aromatic N) is 2. The molecule has 0 aliphatic carbocycles. The molecule has 2 aromatic heterocycles. The number of rotatable bonds is 5. The maximum atomic E-state index is 5.94. The van der Waals surface area contributed by atoms with E-state index in [2.05, 4.69) is 10.1 Å². The fourth-order valence-electron chi connectivity index (χ4n) is 1.44. The molecular weight excluding hydrogens is 250 g/mol. The van der Waals surface area contributed by atoms with E-state index < -0.39 is 0 Å². The zero-order chi connectivity index (χ0) is 13.1. The number of thiophene rings is 1. The van der Waals surface area contributed by atoms with Crippen molar-refractivity contribution in [2.45, 2.75) is 32.9 Å². The molecule has 2 aromatic rings. The molecule has 5 nitrogen and oxygen atoms in total. The van der Waals surface area contributed by atoms with Gasteiger partial charge in [-0.1, -0.05) is 5.16 Å². The lowest BCUT2D eigenvalue weighted by Gasteiger charge is -2.10. The van der Waals surface area contributed by atoms with Gasteiger partial charge in [0.05, 0.1) is 23.6 Å². The maximum absolute atomic E-state index is 5.94. The van der Waals surface area contributed by atoms with Gasteiger partial charge in [-0.2, -0.15) is 4.98 Å². The molecule has 0 aromatic carbocycles. The van der Waals surface area contributed by atoms with Gasteiger partial charge in [0.25, 0.3) is 5.89 Å². The van der Waals surface area contributed by atoms with Crippen LogP contribution in [0.1, 0.15) is 31.3 Å². The molecule has 2 rings (SSSR count). The Balaban J connectivity index is 2.08. The molecule has 2 heterocycles. The van der Waals surface area contributed by atoms with Crippen LogP contribution in [0.5, 0.6) is 0 Å². The minimum Gasteiger partial charge on any atom is -0.377 e. The van der Waals surface area contributed by atoms with E-state index in [0.717, 1.165) is 10.4 Å². The second-order valence-corrected chi connectivity index (χ2v) is 5.30. The summed E-state index contributed by atoms with van der Waals surface area (Å²) < 4.78 is 10.7. The Kier molecular flexibility index (Phi) is 4.11. The van der Waals surface area contributed by atoms with Gasteiger partial charge in [0.2, 0.25) is 0 Å². The third kappa shape index (κ3) is 2.95. The van der Waals surface area contributed by atoms with Crippen LogP contribution >= 0.6 is 11.3 Å². The summed E-state index contributed by atoms with van der Waals surface area (Å²) in [5.74, 6) is 1.01. The van der Waals surface area contributed by atoms with E-state index in [4.69, 9.17) is 15.0 Å². The van der Waals surface area contributed by atoms with Gasteiger partial charge in [-0.3, -0.25) is 0 Å². The third-order valence-corrected chi connectivity index (χ3v) is 3.44. The summed E-state index contributed by atoms with van der Waals surface area (Å²) in [4.78, 5) is 5.31. The molecule has 0 radical (unpaired) electrons. The Hall–Kier alpha value is -1.24. The van der Waals surface area contributed by atoms with Crippen LogP contribution in [-0.2, 0) is 4.74 Å². The molecule has 0 aliphatic rings. The van der Waals surface area contributed by atoms with E-state index in [-0.39, 0.29) is 12.1 Å². The van der Waals surface area contributed by atoms with Crippen molar-refractivity contribution in [3.05, 3.63) is 22.8 Å². The largest absolute Gasteiger partial charge is 0.377 e. The van der Waals surface area contributed by atoms with Gasteiger partial charge in [-0.15, -0.1) is 11.3 Å². The van der Waals surface area contributed by atoms with Gasteiger partial charge in [-0.05, 0) is 37.8 Å². The summed E-state index contributed by atoms with van der Waals surface area (Å²) in [6.45, 7) is 6.32. The van der Waals surface area contributed by atoms with Crippen LogP contribution in [0.3, 0.4) is 0 Å². The molecule has 0 amide bonds. The van der Waals surface area contributed by atoms with Crippen LogP contribution in [0.15, 0.2) is 16.0 Å². The molecule has 1 unspecified atom stereocenters. The average molecular weight is 267 g/mol. The first-order chi connectivity index (χ1) is 8.58. The van der Waals surface area contributed by atoms with Gasteiger partial charge in [0.15, 0.2) is 5.82 Å². The maximum Gasteiger partial charge on any atom is 0.268 e. The fraction of sp³-hybridized carbons (Fsp3) is 0.500. The SMILES string of the molecule is Cc1ccsc1-c1nc(C(N)COC(C)C)no1. The van der Waals surface area contributed by atoms with Crippen LogP contribution < -0.4 is 5.73 Å². The highest BCUT2D eigenvalue weighted by Gasteiger charge is 2.17. The Morgan fingerprint density at radius 2 is 2.28 bits per heavy atom. The molecule has 0 saturated heterocycles. The molecule has 0 saturated carbocycles. The van der Waals surface area contributed by atoms with Crippen LogP contribution in [0.25, 0.3) is 10.8 Å². The van der Waals surface area contributed by atoms with Crippen molar-refractivity contribution in [3.63, 3.8) is 0 Å². The van der Waals surface area contributed by atoms with E-state index in [1.807, 2.05) is 32.2 Å². The highest BCUT2D eigenvalue weighted by atomic mass is 32.1. The topological polar surface area (TPSA) is 74.2 Å². The Bertz CT molecular complexity index is 507. The van der Waals surface area contributed by atoms with Crippen molar-refractivity contribution in [2.75, 3.05) is 6.61 Å². The predicted octanol–water partition coefficient (Wildman–Crippen LogP) is 2.53. The number of hydrogen-bond acceptors (Lipinski definition) is 6. The molecular formula is C12H17N3O2S.